The van der Waals surface area contributed by atoms with Gasteiger partial charge in [0.1, 0.15) is 10.8 Å². The van der Waals surface area contributed by atoms with Crippen molar-refractivity contribution in [2.75, 3.05) is 13.7 Å². The molecule has 2 aromatic heterocycles. The lowest BCUT2D eigenvalue weighted by atomic mass is 10.0. The first-order chi connectivity index (χ1) is 12.7. The molecule has 0 bridgehead atoms. The first-order valence-corrected chi connectivity index (χ1v) is 9.72. The van der Waals surface area contributed by atoms with E-state index >= 15 is 0 Å². The minimum atomic E-state index is -0.0267. The summed E-state index contributed by atoms with van der Waals surface area (Å²) in [6, 6.07) is 8.01. The average Bonchev–Trinajstić information content (AvgIpc) is 3.34. The Morgan fingerprint density at radius 1 is 1.42 bits per heavy atom. The Hall–Kier alpha value is -2.54. The Bertz CT molecular complexity index is 890. The van der Waals surface area contributed by atoms with Gasteiger partial charge >= 0.3 is 6.03 Å². The number of hydrogen-bond donors (Lipinski definition) is 2. The highest BCUT2D eigenvalue weighted by Crippen LogP contribution is 2.32. The highest BCUT2D eigenvalue weighted by atomic mass is 32.1. The molecule has 0 unspecified atom stereocenters. The third-order valence-electron chi connectivity index (χ3n) is 4.81. The lowest BCUT2D eigenvalue weighted by Crippen LogP contribution is -2.44. The molecule has 1 aliphatic heterocycles. The summed E-state index contributed by atoms with van der Waals surface area (Å²) in [6.45, 7) is 1.25. The SMILES string of the molecule is COc1ccc2[nH]c(CNC(=O)N3CCCC[C@@H]3c3nccs3)cc2c1. The van der Waals surface area contributed by atoms with Crippen molar-refractivity contribution in [1.29, 1.82) is 0 Å². The molecule has 3 heterocycles. The number of nitrogens with one attached hydrogen (secondary N) is 2. The third-order valence-corrected chi connectivity index (χ3v) is 5.69. The van der Waals surface area contributed by atoms with Crippen LogP contribution in [0.1, 0.15) is 36.0 Å². The molecule has 0 spiro atoms. The zero-order valence-corrected chi connectivity index (χ0v) is 15.5. The van der Waals surface area contributed by atoms with Crippen molar-refractivity contribution in [2.45, 2.75) is 31.8 Å². The van der Waals surface area contributed by atoms with Crippen LogP contribution in [0.25, 0.3) is 10.9 Å². The third kappa shape index (κ3) is 3.39. The number of urea groups is 1. The van der Waals surface area contributed by atoms with Gasteiger partial charge < -0.3 is 19.9 Å². The van der Waals surface area contributed by atoms with Crippen LogP contribution in [0.2, 0.25) is 0 Å². The second kappa shape index (κ2) is 7.37. The molecule has 1 aliphatic rings. The zero-order valence-electron chi connectivity index (χ0n) is 14.7. The van der Waals surface area contributed by atoms with Gasteiger partial charge in [-0.2, -0.15) is 0 Å². The summed E-state index contributed by atoms with van der Waals surface area (Å²) < 4.78 is 5.26. The van der Waals surface area contributed by atoms with Crippen molar-refractivity contribution >= 4 is 28.3 Å². The maximum absolute atomic E-state index is 12.8. The summed E-state index contributed by atoms with van der Waals surface area (Å²) >= 11 is 1.62. The fraction of sp³-hybridized carbons (Fsp3) is 0.368. The summed E-state index contributed by atoms with van der Waals surface area (Å²) in [5.74, 6) is 0.826. The number of benzene rings is 1. The number of nitrogens with zero attached hydrogens (tertiary/aromatic N) is 2. The van der Waals surface area contributed by atoms with Crippen LogP contribution in [0.15, 0.2) is 35.8 Å². The van der Waals surface area contributed by atoms with Gasteiger partial charge in [0.2, 0.25) is 0 Å². The van der Waals surface area contributed by atoms with E-state index in [9.17, 15) is 4.79 Å². The molecule has 7 heteroatoms. The lowest BCUT2D eigenvalue weighted by molar-refractivity contribution is 0.151. The number of likely N-dealkylation sites (tertiary alicyclic amines) is 1. The molecule has 26 heavy (non-hydrogen) atoms. The van der Waals surface area contributed by atoms with Gasteiger partial charge in [-0.15, -0.1) is 11.3 Å². The van der Waals surface area contributed by atoms with E-state index in [2.05, 4.69) is 15.3 Å². The number of methoxy groups -OCH3 is 1. The number of hydrogen-bond acceptors (Lipinski definition) is 4. The minimum absolute atomic E-state index is 0.0267. The monoisotopic (exact) mass is 370 g/mol. The molecule has 3 aromatic rings. The number of H-pyrrole nitrogens is 1. The van der Waals surface area contributed by atoms with E-state index in [0.29, 0.717) is 6.54 Å². The maximum Gasteiger partial charge on any atom is 0.318 e. The van der Waals surface area contributed by atoms with E-state index in [4.69, 9.17) is 4.74 Å². The van der Waals surface area contributed by atoms with E-state index in [0.717, 1.165) is 53.2 Å². The molecule has 1 fully saturated rings. The second-order valence-corrected chi connectivity index (χ2v) is 7.41. The molecule has 4 rings (SSSR count). The Morgan fingerprint density at radius 2 is 2.35 bits per heavy atom. The van der Waals surface area contributed by atoms with Crippen molar-refractivity contribution in [3.05, 3.63) is 46.5 Å². The average molecular weight is 370 g/mol. The van der Waals surface area contributed by atoms with Crippen molar-refractivity contribution in [3.8, 4) is 5.75 Å². The van der Waals surface area contributed by atoms with Gasteiger partial charge in [0.25, 0.3) is 0 Å². The van der Waals surface area contributed by atoms with Gasteiger partial charge in [0.15, 0.2) is 0 Å². The Morgan fingerprint density at radius 3 is 3.15 bits per heavy atom. The molecule has 1 saturated heterocycles. The van der Waals surface area contributed by atoms with Crippen LogP contribution in [0.5, 0.6) is 5.75 Å². The zero-order chi connectivity index (χ0) is 17.9. The lowest BCUT2D eigenvalue weighted by Gasteiger charge is -2.34. The predicted octanol–water partition coefficient (Wildman–Crippen LogP) is 4.07. The van der Waals surface area contributed by atoms with E-state index in [1.165, 1.54) is 0 Å². The van der Waals surface area contributed by atoms with Crippen LogP contribution in [-0.2, 0) is 6.54 Å². The van der Waals surface area contributed by atoms with E-state index in [-0.39, 0.29) is 12.1 Å². The van der Waals surface area contributed by atoms with Gasteiger partial charge in [-0.25, -0.2) is 9.78 Å². The van der Waals surface area contributed by atoms with Crippen molar-refractivity contribution in [1.82, 2.24) is 20.2 Å². The van der Waals surface area contributed by atoms with Crippen LogP contribution < -0.4 is 10.1 Å². The van der Waals surface area contributed by atoms with Crippen LogP contribution in [-0.4, -0.2) is 34.6 Å². The molecule has 136 valence electrons. The van der Waals surface area contributed by atoms with Crippen LogP contribution in [0.4, 0.5) is 4.79 Å². The molecule has 2 N–H and O–H groups in total. The standard InChI is InChI=1S/C19H22N4O2S/c1-25-15-5-6-16-13(11-15)10-14(22-16)12-21-19(24)23-8-3-2-4-17(23)18-20-7-9-26-18/h5-7,9-11,17,22H,2-4,8,12H2,1H3,(H,21,24)/t17-/m1/s1. The van der Waals surface area contributed by atoms with Crippen LogP contribution in [0.3, 0.4) is 0 Å². The number of carbonyl (C=O) groups excluding carboxylic acids is 1. The Kier molecular flexibility index (Phi) is 4.79. The Balaban J connectivity index is 1.44. The predicted molar refractivity (Wildman–Crippen MR) is 102 cm³/mol. The molecular formula is C19H22N4O2S. The number of thiazole rings is 1. The van der Waals surface area contributed by atoms with E-state index in [1.54, 1.807) is 18.4 Å². The number of piperidine rings is 1. The summed E-state index contributed by atoms with van der Waals surface area (Å²) in [7, 11) is 1.66. The van der Waals surface area contributed by atoms with Gasteiger partial charge in [-0.1, -0.05) is 0 Å². The fourth-order valence-corrected chi connectivity index (χ4v) is 4.28. The number of amides is 2. The first-order valence-electron chi connectivity index (χ1n) is 8.84. The van der Waals surface area contributed by atoms with Gasteiger partial charge in [0.05, 0.1) is 19.7 Å². The number of fused-ring (bicyclic) bond motifs is 1. The number of ether oxygens (including phenoxy) is 1. The fourth-order valence-electron chi connectivity index (χ4n) is 3.50. The molecule has 1 aromatic carbocycles. The van der Waals surface area contributed by atoms with Crippen molar-refractivity contribution in [2.24, 2.45) is 0 Å². The van der Waals surface area contributed by atoms with Crippen molar-refractivity contribution in [3.63, 3.8) is 0 Å². The first kappa shape index (κ1) is 16.9. The second-order valence-electron chi connectivity index (χ2n) is 6.48. The molecule has 0 saturated carbocycles. The molecule has 0 aliphatic carbocycles. The smallest absolute Gasteiger partial charge is 0.318 e. The normalized spacial score (nSPS) is 17.4. The largest absolute Gasteiger partial charge is 0.497 e. The summed E-state index contributed by atoms with van der Waals surface area (Å²) in [6.07, 6.45) is 4.97. The minimum Gasteiger partial charge on any atom is -0.497 e. The highest BCUT2D eigenvalue weighted by molar-refractivity contribution is 7.09. The Labute approximate surface area is 156 Å². The van der Waals surface area contributed by atoms with Gasteiger partial charge in [-0.3, -0.25) is 0 Å². The van der Waals surface area contributed by atoms with Gasteiger partial charge in [0, 0.05) is 34.7 Å². The molecule has 2 amide bonds. The number of aromatic amines is 1. The van der Waals surface area contributed by atoms with Crippen molar-refractivity contribution < 1.29 is 9.53 Å². The van der Waals surface area contributed by atoms with Gasteiger partial charge in [-0.05, 0) is 43.5 Å². The maximum atomic E-state index is 12.8. The molecular weight excluding hydrogens is 348 g/mol. The summed E-state index contributed by atoms with van der Waals surface area (Å²) in [4.78, 5) is 22.4. The number of rotatable bonds is 4. The summed E-state index contributed by atoms with van der Waals surface area (Å²) in [5, 5.41) is 7.12. The molecule has 6 nitrogen and oxygen atoms in total. The van der Waals surface area contributed by atoms with Crippen LogP contribution >= 0.6 is 11.3 Å². The topological polar surface area (TPSA) is 70.2 Å². The van der Waals surface area contributed by atoms with E-state index < -0.39 is 0 Å². The highest BCUT2D eigenvalue weighted by Gasteiger charge is 2.29. The summed E-state index contributed by atoms with van der Waals surface area (Å²) in [5.41, 5.74) is 2.01. The number of carbonyl (C=O) groups is 1. The van der Waals surface area contributed by atoms with Crippen LogP contribution in [0, 0.1) is 0 Å². The van der Waals surface area contributed by atoms with E-state index in [1.807, 2.05) is 40.7 Å². The molecule has 1 atom stereocenters. The number of aromatic nitrogens is 2. The quantitative estimate of drug-likeness (QED) is 0.727. The molecule has 0 radical (unpaired) electrons.